The van der Waals surface area contributed by atoms with Gasteiger partial charge >= 0.3 is 0 Å². The van der Waals surface area contributed by atoms with Gasteiger partial charge in [0.25, 0.3) is 10.1 Å². The maximum Gasteiger partial charge on any atom is 0.265 e. The van der Waals surface area contributed by atoms with E-state index in [-0.39, 0.29) is 5.78 Å². The van der Waals surface area contributed by atoms with Gasteiger partial charge in [-0.3, -0.25) is 8.98 Å². The minimum Gasteiger partial charge on any atom is -0.291 e. The highest BCUT2D eigenvalue weighted by atomic mass is 32.2. The molecule has 0 radical (unpaired) electrons. The Balaban J connectivity index is 2.40. The van der Waals surface area contributed by atoms with E-state index in [0.717, 1.165) is 6.26 Å². The van der Waals surface area contributed by atoms with Crippen LogP contribution in [0.4, 0.5) is 0 Å². The summed E-state index contributed by atoms with van der Waals surface area (Å²) in [7, 11) is -3.75. The SMILES string of the molecule is CS(=O)(=O)OC(C(=O)c1ccccc1)c1ccccc1. The highest BCUT2D eigenvalue weighted by Crippen LogP contribution is 2.24. The Labute approximate surface area is 118 Å². The minimum absolute atomic E-state index is 0.387. The summed E-state index contributed by atoms with van der Waals surface area (Å²) in [6.07, 6.45) is -0.227. The lowest BCUT2D eigenvalue weighted by molar-refractivity contribution is 0.0803. The third-order valence-electron chi connectivity index (χ3n) is 2.67. The van der Waals surface area contributed by atoms with E-state index < -0.39 is 16.2 Å². The highest BCUT2D eigenvalue weighted by molar-refractivity contribution is 7.86. The lowest BCUT2D eigenvalue weighted by Gasteiger charge is -2.15. The van der Waals surface area contributed by atoms with Gasteiger partial charge in [0.2, 0.25) is 0 Å². The van der Waals surface area contributed by atoms with Gasteiger partial charge in [0, 0.05) is 5.56 Å². The van der Waals surface area contributed by atoms with Gasteiger partial charge in [0.15, 0.2) is 11.9 Å². The first-order valence-electron chi connectivity index (χ1n) is 6.00. The molecule has 0 heterocycles. The summed E-state index contributed by atoms with van der Waals surface area (Å²) in [6.45, 7) is 0. The molecule has 1 atom stereocenters. The lowest BCUT2D eigenvalue weighted by Crippen LogP contribution is -2.19. The maximum absolute atomic E-state index is 12.4. The molecule has 0 aliphatic rings. The number of carbonyl (C=O) groups is 1. The van der Waals surface area contributed by atoms with E-state index in [4.69, 9.17) is 4.18 Å². The largest absolute Gasteiger partial charge is 0.291 e. The van der Waals surface area contributed by atoms with E-state index in [1.807, 2.05) is 0 Å². The molecule has 4 nitrogen and oxygen atoms in total. The maximum atomic E-state index is 12.4. The van der Waals surface area contributed by atoms with Crippen molar-refractivity contribution in [3.8, 4) is 0 Å². The van der Waals surface area contributed by atoms with Crippen LogP contribution in [-0.4, -0.2) is 20.5 Å². The fourth-order valence-electron chi connectivity index (χ4n) is 1.81. The molecule has 0 amide bonds. The second-order valence-electron chi connectivity index (χ2n) is 4.32. The molecule has 0 saturated heterocycles. The number of Topliss-reactive ketones (excluding diaryl/α,β-unsaturated/α-hetero) is 1. The van der Waals surface area contributed by atoms with Crippen LogP contribution < -0.4 is 0 Å². The van der Waals surface area contributed by atoms with Crippen LogP contribution in [0.2, 0.25) is 0 Å². The van der Waals surface area contributed by atoms with Crippen LogP contribution >= 0.6 is 0 Å². The van der Waals surface area contributed by atoms with E-state index in [1.165, 1.54) is 0 Å². The van der Waals surface area contributed by atoms with Crippen LogP contribution in [0, 0.1) is 0 Å². The Hall–Kier alpha value is -1.98. The Morgan fingerprint density at radius 2 is 1.45 bits per heavy atom. The molecule has 0 spiro atoms. The van der Waals surface area contributed by atoms with Crippen LogP contribution in [0.5, 0.6) is 0 Å². The minimum atomic E-state index is -3.75. The van der Waals surface area contributed by atoms with Gasteiger partial charge in [-0.05, 0) is 5.56 Å². The predicted molar refractivity (Wildman–Crippen MR) is 75.9 cm³/mol. The summed E-state index contributed by atoms with van der Waals surface area (Å²) in [6, 6.07) is 17.0. The average molecular weight is 290 g/mol. The topological polar surface area (TPSA) is 60.4 Å². The first-order valence-corrected chi connectivity index (χ1v) is 7.81. The third-order valence-corrected chi connectivity index (χ3v) is 3.21. The van der Waals surface area contributed by atoms with Gasteiger partial charge in [-0.1, -0.05) is 60.7 Å². The van der Waals surface area contributed by atoms with E-state index in [9.17, 15) is 13.2 Å². The molecule has 1 unspecified atom stereocenters. The number of benzene rings is 2. The molecule has 2 rings (SSSR count). The molecule has 20 heavy (non-hydrogen) atoms. The lowest BCUT2D eigenvalue weighted by atomic mass is 10.0. The second kappa shape index (κ2) is 5.98. The van der Waals surface area contributed by atoms with Gasteiger partial charge in [-0.2, -0.15) is 8.42 Å². The van der Waals surface area contributed by atoms with E-state index in [0.29, 0.717) is 11.1 Å². The summed E-state index contributed by atoms with van der Waals surface area (Å²) in [4.78, 5) is 12.4. The fourth-order valence-corrected chi connectivity index (χ4v) is 2.36. The van der Waals surface area contributed by atoms with Crippen LogP contribution in [0.15, 0.2) is 60.7 Å². The second-order valence-corrected chi connectivity index (χ2v) is 5.92. The molecule has 0 bridgehead atoms. The molecule has 0 aliphatic carbocycles. The van der Waals surface area contributed by atoms with Crippen molar-refractivity contribution in [1.82, 2.24) is 0 Å². The first kappa shape index (κ1) is 14.4. The Bertz CT molecular complexity index is 678. The van der Waals surface area contributed by atoms with Crippen molar-refractivity contribution >= 4 is 15.9 Å². The highest BCUT2D eigenvalue weighted by Gasteiger charge is 2.26. The zero-order valence-corrected chi connectivity index (χ0v) is 11.7. The quantitative estimate of drug-likeness (QED) is 0.627. The smallest absolute Gasteiger partial charge is 0.265 e. The van der Waals surface area contributed by atoms with E-state index >= 15 is 0 Å². The number of ketones is 1. The van der Waals surface area contributed by atoms with E-state index in [2.05, 4.69) is 0 Å². The standard InChI is InChI=1S/C15H14O4S/c1-20(17,18)19-15(13-10-6-3-7-11-13)14(16)12-8-4-2-5-9-12/h2-11,15H,1H3. The molecule has 2 aromatic rings. The Kier molecular flexibility index (Phi) is 4.32. The third kappa shape index (κ3) is 3.76. The van der Waals surface area contributed by atoms with Crippen molar-refractivity contribution in [2.75, 3.05) is 6.26 Å². The van der Waals surface area contributed by atoms with Gasteiger partial charge in [0.1, 0.15) is 0 Å². The zero-order chi connectivity index (χ0) is 14.6. The summed E-state index contributed by atoms with van der Waals surface area (Å²) in [5, 5.41) is 0. The number of hydrogen-bond acceptors (Lipinski definition) is 4. The van der Waals surface area contributed by atoms with Crippen molar-refractivity contribution in [2.24, 2.45) is 0 Å². The van der Waals surface area contributed by atoms with Gasteiger partial charge in [-0.25, -0.2) is 0 Å². The Morgan fingerprint density at radius 3 is 1.95 bits per heavy atom. The number of hydrogen-bond donors (Lipinski definition) is 0. The number of rotatable bonds is 5. The molecule has 0 aromatic heterocycles. The molecule has 0 fully saturated rings. The summed E-state index contributed by atoms with van der Waals surface area (Å²) in [5.74, 6) is -0.387. The molecular weight excluding hydrogens is 276 g/mol. The fraction of sp³-hybridized carbons (Fsp3) is 0.133. The van der Waals surface area contributed by atoms with Crippen molar-refractivity contribution in [3.05, 3.63) is 71.8 Å². The summed E-state index contributed by atoms with van der Waals surface area (Å²) >= 11 is 0. The van der Waals surface area contributed by atoms with Gasteiger partial charge in [0.05, 0.1) is 6.26 Å². The predicted octanol–water partition coefficient (Wildman–Crippen LogP) is 2.59. The number of carbonyl (C=O) groups excluding carboxylic acids is 1. The van der Waals surface area contributed by atoms with Crippen LogP contribution in [-0.2, 0) is 14.3 Å². The molecule has 0 aliphatic heterocycles. The molecule has 5 heteroatoms. The van der Waals surface area contributed by atoms with Crippen molar-refractivity contribution < 1.29 is 17.4 Å². The van der Waals surface area contributed by atoms with Gasteiger partial charge in [-0.15, -0.1) is 0 Å². The first-order chi connectivity index (χ1) is 9.47. The van der Waals surface area contributed by atoms with E-state index in [1.54, 1.807) is 60.7 Å². The van der Waals surface area contributed by atoms with Crippen LogP contribution in [0.25, 0.3) is 0 Å². The van der Waals surface area contributed by atoms with Crippen LogP contribution in [0.1, 0.15) is 22.0 Å². The molecule has 104 valence electrons. The van der Waals surface area contributed by atoms with Crippen molar-refractivity contribution in [3.63, 3.8) is 0 Å². The molecular formula is C15H14O4S. The van der Waals surface area contributed by atoms with Gasteiger partial charge < -0.3 is 0 Å². The monoisotopic (exact) mass is 290 g/mol. The molecule has 0 N–H and O–H groups in total. The van der Waals surface area contributed by atoms with Crippen molar-refractivity contribution in [1.29, 1.82) is 0 Å². The normalized spacial score (nSPS) is 12.8. The zero-order valence-electron chi connectivity index (χ0n) is 10.9. The van der Waals surface area contributed by atoms with Crippen LogP contribution in [0.3, 0.4) is 0 Å². The molecule has 2 aromatic carbocycles. The average Bonchev–Trinajstić information content (AvgIpc) is 2.45. The van der Waals surface area contributed by atoms with Crippen molar-refractivity contribution in [2.45, 2.75) is 6.10 Å². The molecule has 0 saturated carbocycles. The summed E-state index contributed by atoms with van der Waals surface area (Å²) < 4.78 is 27.7. The Morgan fingerprint density at radius 1 is 0.950 bits per heavy atom. The summed E-state index contributed by atoms with van der Waals surface area (Å²) in [5.41, 5.74) is 0.914.